The third-order valence-electron chi connectivity index (χ3n) is 5.68. The minimum Gasteiger partial charge on any atom is -0.338 e. The Bertz CT molecular complexity index is 912. The summed E-state index contributed by atoms with van der Waals surface area (Å²) in [5, 5.41) is 0. The van der Waals surface area contributed by atoms with Gasteiger partial charge in [-0.2, -0.15) is 13.2 Å². The number of nitrogens with zero attached hydrogens (tertiary/aromatic N) is 2. The van der Waals surface area contributed by atoms with Gasteiger partial charge in [0.2, 0.25) is 5.91 Å². The Morgan fingerprint density at radius 1 is 1.10 bits per heavy atom. The van der Waals surface area contributed by atoms with Crippen LogP contribution in [0.15, 0.2) is 47.4 Å². The molecule has 0 radical (unpaired) electrons. The summed E-state index contributed by atoms with van der Waals surface area (Å²) >= 11 is 1.62. The number of benzene rings is 2. The van der Waals surface area contributed by atoms with Gasteiger partial charge in [0.25, 0.3) is 0 Å². The Morgan fingerprint density at radius 3 is 2.35 bits per heavy atom. The van der Waals surface area contributed by atoms with Crippen molar-refractivity contribution >= 4 is 17.9 Å². The predicted molar refractivity (Wildman–Crippen MR) is 118 cm³/mol. The fourth-order valence-corrected chi connectivity index (χ4v) is 4.81. The summed E-state index contributed by atoms with van der Waals surface area (Å²) in [6, 6.07) is 11.7. The van der Waals surface area contributed by atoms with Crippen LogP contribution in [0.1, 0.15) is 56.0 Å². The van der Waals surface area contributed by atoms with Crippen molar-refractivity contribution in [3.05, 3.63) is 64.7 Å². The number of hydrogen-bond donors (Lipinski definition) is 0. The van der Waals surface area contributed by atoms with Crippen molar-refractivity contribution < 1.29 is 18.0 Å². The van der Waals surface area contributed by atoms with Crippen LogP contribution in [0, 0.1) is 5.92 Å². The second-order valence-corrected chi connectivity index (χ2v) is 9.34. The summed E-state index contributed by atoms with van der Waals surface area (Å²) in [5.41, 5.74) is 2.67. The molecule has 0 unspecified atom stereocenters. The normalized spacial score (nSPS) is 15.3. The number of halogens is 3. The SMILES string of the molecule is CCN(Sc1ccc2c(c1)CCN(C(=O)C(C)C)C2)[C@@H](C)c1ccc(C(F)(F)F)cc1. The van der Waals surface area contributed by atoms with Gasteiger partial charge in [0.1, 0.15) is 0 Å². The molecule has 1 heterocycles. The zero-order valence-electron chi connectivity index (χ0n) is 18.4. The Morgan fingerprint density at radius 2 is 1.77 bits per heavy atom. The number of rotatable bonds is 6. The van der Waals surface area contributed by atoms with E-state index < -0.39 is 11.7 Å². The first-order valence-corrected chi connectivity index (χ1v) is 11.4. The van der Waals surface area contributed by atoms with Gasteiger partial charge in [-0.15, -0.1) is 0 Å². The molecule has 0 aliphatic carbocycles. The molecule has 0 fully saturated rings. The first kappa shape index (κ1) is 23.7. The maximum Gasteiger partial charge on any atom is 0.416 e. The monoisotopic (exact) mass is 450 g/mol. The molecule has 31 heavy (non-hydrogen) atoms. The highest BCUT2D eigenvalue weighted by molar-refractivity contribution is 7.97. The number of fused-ring (bicyclic) bond motifs is 1. The van der Waals surface area contributed by atoms with Crippen LogP contribution in [0.4, 0.5) is 13.2 Å². The van der Waals surface area contributed by atoms with Crippen molar-refractivity contribution in [2.45, 2.75) is 57.8 Å². The number of carbonyl (C=O) groups excluding carboxylic acids is 1. The predicted octanol–water partition coefficient (Wildman–Crippen LogP) is 6.34. The first-order valence-electron chi connectivity index (χ1n) is 10.6. The molecule has 3 nitrogen and oxygen atoms in total. The Kier molecular flexibility index (Phi) is 7.37. The quantitative estimate of drug-likeness (QED) is 0.480. The van der Waals surface area contributed by atoms with Gasteiger partial charge in [-0.25, -0.2) is 4.31 Å². The van der Waals surface area contributed by atoms with Crippen LogP contribution < -0.4 is 0 Å². The summed E-state index contributed by atoms with van der Waals surface area (Å²) in [7, 11) is 0. The van der Waals surface area contributed by atoms with E-state index in [1.807, 2.05) is 32.6 Å². The Balaban J connectivity index is 1.70. The van der Waals surface area contributed by atoms with E-state index in [0.717, 1.165) is 42.1 Å². The van der Waals surface area contributed by atoms with Gasteiger partial charge in [0.05, 0.1) is 5.56 Å². The van der Waals surface area contributed by atoms with Gasteiger partial charge in [-0.1, -0.05) is 39.0 Å². The van der Waals surface area contributed by atoms with Gasteiger partial charge in [0.15, 0.2) is 0 Å². The zero-order chi connectivity index (χ0) is 22.8. The van der Waals surface area contributed by atoms with Crippen molar-refractivity contribution in [2.75, 3.05) is 13.1 Å². The van der Waals surface area contributed by atoms with Crippen molar-refractivity contribution in [1.82, 2.24) is 9.21 Å². The van der Waals surface area contributed by atoms with Crippen LogP contribution in [-0.2, 0) is 23.9 Å². The maximum atomic E-state index is 12.8. The lowest BCUT2D eigenvalue weighted by Gasteiger charge is -2.31. The van der Waals surface area contributed by atoms with E-state index in [4.69, 9.17) is 0 Å². The minimum absolute atomic E-state index is 0.00109. The fourth-order valence-electron chi connectivity index (χ4n) is 3.81. The smallest absolute Gasteiger partial charge is 0.338 e. The molecule has 0 spiro atoms. The van der Waals surface area contributed by atoms with E-state index in [9.17, 15) is 18.0 Å². The summed E-state index contributed by atoms with van der Waals surface area (Å²) < 4.78 is 40.7. The van der Waals surface area contributed by atoms with Gasteiger partial charge < -0.3 is 4.90 Å². The first-order chi connectivity index (χ1) is 14.6. The molecular weight excluding hydrogens is 421 g/mol. The van der Waals surface area contributed by atoms with Crippen LogP contribution in [0.2, 0.25) is 0 Å². The van der Waals surface area contributed by atoms with E-state index >= 15 is 0 Å². The van der Waals surface area contributed by atoms with Crippen molar-refractivity contribution in [3.63, 3.8) is 0 Å². The van der Waals surface area contributed by atoms with Crippen LogP contribution in [0.5, 0.6) is 0 Å². The summed E-state index contributed by atoms with van der Waals surface area (Å²) in [4.78, 5) is 15.3. The molecule has 3 rings (SSSR count). The molecule has 1 aliphatic heterocycles. The molecule has 0 N–H and O–H groups in total. The molecule has 0 aromatic heterocycles. The largest absolute Gasteiger partial charge is 0.416 e. The van der Waals surface area contributed by atoms with Crippen LogP contribution in [0.25, 0.3) is 0 Å². The minimum atomic E-state index is -4.32. The van der Waals surface area contributed by atoms with Gasteiger partial charge in [-0.3, -0.25) is 4.79 Å². The van der Waals surface area contributed by atoms with Crippen LogP contribution >= 0.6 is 11.9 Å². The van der Waals surface area contributed by atoms with E-state index in [0.29, 0.717) is 6.54 Å². The molecule has 7 heteroatoms. The lowest BCUT2D eigenvalue weighted by atomic mass is 9.99. The van der Waals surface area contributed by atoms with E-state index in [1.165, 1.54) is 11.1 Å². The summed E-state index contributed by atoms with van der Waals surface area (Å²) in [6.07, 6.45) is -3.48. The molecule has 0 saturated heterocycles. The molecule has 1 amide bonds. The molecule has 1 aliphatic rings. The molecule has 2 aromatic carbocycles. The Hall–Kier alpha value is -1.99. The number of amides is 1. The number of carbonyl (C=O) groups is 1. The second kappa shape index (κ2) is 9.65. The second-order valence-electron chi connectivity index (χ2n) is 8.22. The third-order valence-corrected chi connectivity index (χ3v) is 6.96. The highest BCUT2D eigenvalue weighted by Crippen LogP contribution is 2.35. The van der Waals surface area contributed by atoms with Gasteiger partial charge in [-0.05, 0) is 66.2 Å². The maximum absolute atomic E-state index is 12.8. The molecule has 1 atom stereocenters. The zero-order valence-corrected chi connectivity index (χ0v) is 19.2. The highest BCUT2D eigenvalue weighted by Gasteiger charge is 2.30. The lowest BCUT2D eigenvalue weighted by Crippen LogP contribution is -2.38. The van der Waals surface area contributed by atoms with Crippen LogP contribution in [0.3, 0.4) is 0 Å². The standard InChI is InChI=1S/C24H29F3N2OS/c1-5-29(17(4)18-6-9-21(10-7-18)24(25,26)27)31-22-11-8-20-15-28(23(30)16(2)3)13-12-19(20)14-22/h6-11,14,16-17H,5,12-13,15H2,1-4H3/t17-/m0/s1. The van der Waals surface area contributed by atoms with Crippen molar-refractivity contribution in [1.29, 1.82) is 0 Å². The number of alkyl halides is 3. The molecule has 2 aromatic rings. The fraction of sp³-hybridized carbons (Fsp3) is 0.458. The van der Waals surface area contributed by atoms with Crippen molar-refractivity contribution in [2.24, 2.45) is 5.92 Å². The number of hydrogen-bond acceptors (Lipinski definition) is 3. The van der Waals surface area contributed by atoms with Crippen molar-refractivity contribution in [3.8, 4) is 0 Å². The average molecular weight is 451 g/mol. The van der Waals surface area contributed by atoms with Gasteiger partial charge >= 0.3 is 6.18 Å². The third kappa shape index (κ3) is 5.63. The van der Waals surface area contributed by atoms with E-state index in [2.05, 4.69) is 22.5 Å². The summed E-state index contributed by atoms with van der Waals surface area (Å²) in [6.45, 7) is 10.0. The van der Waals surface area contributed by atoms with E-state index in [-0.39, 0.29) is 17.9 Å². The molecule has 0 saturated carbocycles. The topological polar surface area (TPSA) is 23.6 Å². The average Bonchev–Trinajstić information content (AvgIpc) is 2.75. The highest BCUT2D eigenvalue weighted by atomic mass is 32.2. The molecular formula is C24H29F3N2OS. The summed E-state index contributed by atoms with van der Waals surface area (Å²) in [5.74, 6) is 0.188. The van der Waals surface area contributed by atoms with Gasteiger partial charge in [0, 0.05) is 36.5 Å². The molecule has 0 bridgehead atoms. The van der Waals surface area contributed by atoms with Crippen LogP contribution in [-0.4, -0.2) is 28.2 Å². The van der Waals surface area contributed by atoms with E-state index in [1.54, 1.807) is 24.1 Å². The Labute approximate surface area is 186 Å². The molecule has 168 valence electrons. The lowest BCUT2D eigenvalue weighted by molar-refractivity contribution is -0.137.